The molecule has 0 saturated carbocycles. The second-order valence-corrected chi connectivity index (χ2v) is 4.24. The molecule has 0 spiro atoms. The Bertz CT molecular complexity index is 425. The summed E-state index contributed by atoms with van der Waals surface area (Å²) in [6, 6.07) is 5.04. The molecule has 0 aliphatic rings. The lowest BCUT2D eigenvalue weighted by molar-refractivity contribution is -0.138. The van der Waals surface area contributed by atoms with Gasteiger partial charge in [-0.2, -0.15) is 0 Å². The minimum atomic E-state index is -1.21. The van der Waals surface area contributed by atoms with Gasteiger partial charge in [-0.25, -0.2) is 0 Å². The van der Waals surface area contributed by atoms with Gasteiger partial charge in [-0.1, -0.05) is 6.07 Å². The van der Waals surface area contributed by atoms with Crippen LogP contribution in [0.4, 0.5) is 0 Å². The van der Waals surface area contributed by atoms with Crippen LogP contribution in [0.2, 0.25) is 0 Å². The monoisotopic (exact) mass is 254 g/mol. The molecule has 5 nitrogen and oxygen atoms in total. The van der Waals surface area contributed by atoms with Gasteiger partial charge in [0.25, 0.3) is 0 Å². The third-order valence-corrected chi connectivity index (χ3v) is 2.83. The van der Waals surface area contributed by atoms with Crippen LogP contribution >= 0.6 is 0 Å². The number of carbonyl (C=O) groups is 1. The lowest BCUT2D eigenvalue weighted by Gasteiger charge is -2.24. The number of benzene rings is 1. The Kier molecular flexibility index (Phi) is 4.55. The van der Waals surface area contributed by atoms with E-state index in [9.17, 15) is 9.90 Å². The van der Waals surface area contributed by atoms with E-state index in [0.29, 0.717) is 17.1 Å². The van der Waals surface area contributed by atoms with Crippen molar-refractivity contribution in [2.45, 2.75) is 25.4 Å². The Balaban J connectivity index is 2.97. The van der Waals surface area contributed by atoms with Crippen molar-refractivity contribution in [1.82, 2.24) is 0 Å². The predicted octanol–water partition coefficient (Wildman–Crippen LogP) is 1.78. The zero-order valence-electron chi connectivity index (χ0n) is 10.8. The van der Waals surface area contributed by atoms with Crippen molar-refractivity contribution in [1.29, 1.82) is 0 Å². The summed E-state index contributed by atoms with van der Waals surface area (Å²) in [4.78, 5) is 10.5. The number of aliphatic carboxylic acids is 1. The first kappa shape index (κ1) is 14.3. The van der Waals surface area contributed by atoms with E-state index in [2.05, 4.69) is 0 Å². The van der Waals surface area contributed by atoms with Gasteiger partial charge in [0.1, 0.15) is 0 Å². The molecular weight excluding hydrogens is 236 g/mol. The lowest BCUT2D eigenvalue weighted by atomic mass is 9.91. The Morgan fingerprint density at radius 2 is 1.89 bits per heavy atom. The molecule has 1 atom stereocenters. The molecule has 0 radical (unpaired) electrons. The highest BCUT2D eigenvalue weighted by atomic mass is 16.5. The summed E-state index contributed by atoms with van der Waals surface area (Å²) in [6.07, 6.45) is 0.0408. The van der Waals surface area contributed by atoms with Crippen LogP contribution < -0.4 is 9.47 Å². The molecule has 0 aromatic heterocycles. The average Bonchev–Trinajstić information content (AvgIpc) is 2.35. The van der Waals surface area contributed by atoms with Gasteiger partial charge in [-0.3, -0.25) is 4.79 Å². The zero-order valence-corrected chi connectivity index (χ0v) is 10.8. The molecule has 2 N–H and O–H groups in total. The Hall–Kier alpha value is -1.75. The van der Waals surface area contributed by atoms with Crippen molar-refractivity contribution < 1.29 is 24.5 Å². The van der Waals surface area contributed by atoms with Crippen molar-refractivity contribution in [2.24, 2.45) is 0 Å². The predicted molar refractivity (Wildman–Crippen MR) is 66.0 cm³/mol. The molecule has 0 aliphatic carbocycles. The topological polar surface area (TPSA) is 76.0 Å². The number of rotatable bonds is 6. The molecule has 1 rings (SSSR count). The van der Waals surface area contributed by atoms with Crippen LogP contribution in [0.25, 0.3) is 0 Å². The average molecular weight is 254 g/mol. The van der Waals surface area contributed by atoms with Crippen molar-refractivity contribution in [3.63, 3.8) is 0 Å². The van der Waals surface area contributed by atoms with E-state index in [-0.39, 0.29) is 12.8 Å². The molecular formula is C13H18O5. The minimum Gasteiger partial charge on any atom is -0.493 e. The Morgan fingerprint density at radius 1 is 1.28 bits per heavy atom. The van der Waals surface area contributed by atoms with Crippen LogP contribution in [0.3, 0.4) is 0 Å². The minimum absolute atomic E-state index is 0.0959. The van der Waals surface area contributed by atoms with Gasteiger partial charge in [0, 0.05) is 6.42 Å². The van der Waals surface area contributed by atoms with Crippen molar-refractivity contribution in [3.8, 4) is 11.5 Å². The van der Waals surface area contributed by atoms with Gasteiger partial charge in [0.15, 0.2) is 11.5 Å². The fraction of sp³-hybridized carbons (Fsp3) is 0.462. The molecule has 0 fully saturated rings. The highest BCUT2D eigenvalue weighted by Gasteiger charge is 2.25. The van der Waals surface area contributed by atoms with Crippen LogP contribution in [0.1, 0.15) is 25.3 Å². The number of aliphatic hydroxyl groups is 1. The molecule has 18 heavy (non-hydrogen) atoms. The van der Waals surface area contributed by atoms with Gasteiger partial charge >= 0.3 is 5.97 Å². The Morgan fingerprint density at radius 3 is 2.39 bits per heavy atom. The maximum Gasteiger partial charge on any atom is 0.303 e. The second-order valence-electron chi connectivity index (χ2n) is 4.24. The summed E-state index contributed by atoms with van der Waals surface area (Å²) in [5.74, 6) is 0.136. The van der Waals surface area contributed by atoms with E-state index in [1.54, 1.807) is 25.1 Å². The molecule has 0 heterocycles. The number of methoxy groups -OCH3 is 2. The fourth-order valence-electron chi connectivity index (χ4n) is 1.67. The van der Waals surface area contributed by atoms with E-state index >= 15 is 0 Å². The SMILES string of the molecule is COc1ccc(C(C)(O)CCC(=O)O)cc1OC. The number of carboxylic acids is 1. The van der Waals surface area contributed by atoms with Crippen LogP contribution in [-0.4, -0.2) is 30.4 Å². The van der Waals surface area contributed by atoms with Crippen LogP contribution in [0.5, 0.6) is 11.5 Å². The highest BCUT2D eigenvalue weighted by Crippen LogP contribution is 2.34. The number of hydrogen-bond acceptors (Lipinski definition) is 4. The number of carboxylic acid groups (broad SMARTS) is 1. The van der Waals surface area contributed by atoms with Gasteiger partial charge in [0.2, 0.25) is 0 Å². The largest absolute Gasteiger partial charge is 0.493 e. The zero-order chi connectivity index (χ0) is 13.8. The summed E-state index contributed by atoms with van der Waals surface area (Å²) in [5, 5.41) is 18.9. The first-order valence-corrected chi connectivity index (χ1v) is 5.57. The lowest BCUT2D eigenvalue weighted by Crippen LogP contribution is -2.22. The molecule has 1 unspecified atom stereocenters. The van der Waals surface area contributed by atoms with E-state index in [4.69, 9.17) is 14.6 Å². The summed E-state index contributed by atoms with van der Waals surface area (Å²) in [5.41, 5.74) is -0.612. The summed E-state index contributed by atoms with van der Waals surface area (Å²) >= 11 is 0. The summed E-state index contributed by atoms with van der Waals surface area (Å²) in [6.45, 7) is 1.58. The van der Waals surface area contributed by atoms with Crippen molar-refractivity contribution in [2.75, 3.05) is 14.2 Å². The summed E-state index contributed by atoms with van der Waals surface area (Å²) in [7, 11) is 3.04. The van der Waals surface area contributed by atoms with Gasteiger partial charge in [-0.15, -0.1) is 0 Å². The highest BCUT2D eigenvalue weighted by molar-refractivity contribution is 5.66. The molecule has 1 aromatic rings. The van der Waals surface area contributed by atoms with Crippen LogP contribution in [0.15, 0.2) is 18.2 Å². The van der Waals surface area contributed by atoms with Crippen LogP contribution in [-0.2, 0) is 10.4 Å². The van der Waals surface area contributed by atoms with Crippen molar-refractivity contribution >= 4 is 5.97 Å². The smallest absolute Gasteiger partial charge is 0.303 e. The normalized spacial score (nSPS) is 13.8. The first-order chi connectivity index (χ1) is 8.40. The molecule has 1 aromatic carbocycles. The summed E-state index contributed by atoms with van der Waals surface area (Å²) < 4.78 is 10.2. The van der Waals surface area contributed by atoms with Gasteiger partial charge in [-0.05, 0) is 31.0 Å². The molecule has 0 bridgehead atoms. The van der Waals surface area contributed by atoms with E-state index < -0.39 is 11.6 Å². The third kappa shape index (κ3) is 3.37. The maximum absolute atomic E-state index is 10.5. The van der Waals surface area contributed by atoms with Crippen LogP contribution in [0, 0.1) is 0 Å². The third-order valence-electron chi connectivity index (χ3n) is 2.83. The second kappa shape index (κ2) is 5.73. The quantitative estimate of drug-likeness (QED) is 0.809. The van der Waals surface area contributed by atoms with E-state index in [0.717, 1.165) is 0 Å². The fourth-order valence-corrected chi connectivity index (χ4v) is 1.67. The maximum atomic E-state index is 10.5. The standard InChI is InChI=1S/C13H18O5/c1-13(16,7-6-12(14)15)9-4-5-10(17-2)11(8-9)18-3/h4-5,8,16H,6-7H2,1-3H3,(H,14,15). The van der Waals surface area contributed by atoms with E-state index in [1.165, 1.54) is 14.2 Å². The van der Waals surface area contributed by atoms with Gasteiger partial charge in [0.05, 0.1) is 19.8 Å². The molecule has 100 valence electrons. The van der Waals surface area contributed by atoms with E-state index in [1.807, 2.05) is 0 Å². The molecule has 0 aliphatic heterocycles. The number of ether oxygens (including phenoxy) is 2. The molecule has 0 amide bonds. The van der Waals surface area contributed by atoms with Gasteiger partial charge < -0.3 is 19.7 Å². The Labute approximate surface area is 106 Å². The molecule has 0 saturated heterocycles. The van der Waals surface area contributed by atoms with Crippen molar-refractivity contribution in [3.05, 3.63) is 23.8 Å². The first-order valence-electron chi connectivity index (χ1n) is 5.57. The molecule has 5 heteroatoms. The number of hydrogen-bond donors (Lipinski definition) is 2.